The summed E-state index contributed by atoms with van der Waals surface area (Å²) >= 11 is 1.73. The largest absolute Gasteiger partial charge is 0.481 e. The molecule has 0 aromatic carbocycles. The van der Waals surface area contributed by atoms with Crippen molar-refractivity contribution in [3.05, 3.63) is 0 Å². The van der Waals surface area contributed by atoms with E-state index in [0.717, 1.165) is 25.0 Å². The Morgan fingerprint density at radius 2 is 2.24 bits per heavy atom. The molecule has 1 rings (SSSR count). The van der Waals surface area contributed by atoms with Gasteiger partial charge in [-0.2, -0.15) is 0 Å². The van der Waals surface area contributed by atoms with Gasteiger partial charge >= 0.3 is 5.97 Å². The molecule has 17 heavy (non-hydrogen) atoms. The van der Waals surface area contributed by atoms with Crippen LogP contribution in [0.4, 0.5) is 0 Å². The average molecular weight is 259 g/mol. The third-order valence-corrected chi connectivity index (χ3v) is 4.38. The van der Waals surface area contributed by atoms with Gasteiger partial charge < -0.3 is 10.4 Å². The van der Waals surface area contributed by atoms with Crippen LogP contribution in [0.5, 0.6) is 0 Å². The number of aliphatic carboxylic acids is 1. The highest BCUT2D eigenvalue weighted by molar-refractivity contribution is 8.00. The highest BCUT2D eigenvalue weighted by Crippen LogP contribution is 2.24. The lowest BCUT2D eigenvalue weighted by molar-refractivity contribution is -0.141. The van der Waals surface area contributed by atoms with Gasteiger partial charge in [-0.25, -0.2) is 0 Å². The van der Waals surface area contributed by atoms with E-state index < -0.39 is 5.97 Å². The summed E-state index contributed by atoms with van der Waals surface area (Å²) in [7, 11) is 0. The predicted octanol–water partition coefficient (Wildman–Crippen LogP) is 1.89. The molecule has 1 saturated heterocycles. The summed E-state index contributed by atoms with van der Waals surface area (Å²) < 4.78 is 0. The molecule has 0 radical (unpaired) electrons. The number of rotatable bonds is 6. The molecular weight excluding hydrogens is 238 g/mol. The summed E-state index contributed by atoms with van der Waals surface area (Å²) in [6.45, 7) is 2.29. The summed E-state index contributed by atoms with van der Waals surface area (Å²) in [6.07, 6.45) is 4.68. The molecular formula is C12H21NO3S. The van der Waals surface area contributed by atoms with Crippen LogP contribution in [-0.4, -0.2) is 34.5 Å². The van der Waals surface area contributed by atoms with Crippen LogP contribution in [0.3, 0.4) is 0 Å². The number of carbonyl (C=O) groups is 2. The second kappa shape index (κ2) is 7.58. The van der Waals surface area contributed by atoms with Crippen LogP contribution in [0, 0.1) is 5.92 Å². The molecule has 2 unspecified atom stereocenters. The van der Waals surface area contributed by atoms with E-state index in [1.165, 1.54) is 6.42 Å². The van der Waals surface area contributed by atoms with Crippen LogP contribution < -0.4 is 5.32 Å². The van der Waals surface area contributed by atoms with E-state index in [0.29, 0.717) is 13.0 Å². The molecule has 5 heteroatoms. The van der Waals surface area contributed by atoms with Crippen LogP contribution in [0.2, 0.25) is 0 Å². The minimum atomic E-state index is -0.765. The van der Waals surface area contributed by atoms with Gasteiger partial charge in [0.15, 0.2) is 0 Å². The lowest BCUT2D eigenvalue weighted by Gasteiger charge is -2.20. The Morgan fingerprint density at radius 3 is 2.82 bits per heavy atom. The lowest BCUT2D eigenvalue weighted by Crippen LogP contribution is -2.34. The van der Waals surface area contributed by atoms with Crippen molar-refractivity contribution >= 4 is 23.6 Å². The number of carboxylic acids is 1. The Bertz CT molecular complexity index is 264. The number of thioether (sulfide) groups is 1. The van der Waals surface area contributed by atoms with Gasteiger partial charge in [-0.3, -0.25) is 9.59 Å². The molecule has 0 bridgehead atoms. The fourth-order valence-electron chi connectivity index (χ4n) is 1.80. The van der Waals surface area contributed by atoms with Crippen LogP contribution >= 0.6 is 11.8 Å². The molecule has 1 aliphatic heterocycles. The minimum absolute atomic E-state index is 0.112. The minimum Gasteiger partial charge on any atom is -0.481 e. The van der Waals surface area contributed by atoms with Crippen LogP contribution in [0.15, 0.2) is 0 Å². The van der Waals surface area contributed by atoms with E-state index in [4.69, 9.17) is 5.11 Å². The number of carboxylic acid groups (broad SMARTS) is 1. The van der Waals surface area contributed by atoms with E-state index in [-0.39, 0.29) is 17.1 Å². The van der Waals surface area contributed by atoms with Gasteiger partial charge in [0.25, 0.3) is 0 Å². The van der Waals surface area contributed by atoms with Gasteiger partial charge in [0.2, 0.25) is 5.91 Å². The molecule has 1 fully saturated rings. The third kappa shape index (κ3) is 5.44. The van der Waals surface area contributed by atoms with Crippen molar-refractivity contribution in [3.63, 3.8) is 0 Å². The van der Waals surface area contributed by atoms with Crippen molar-refractivity contribution in [2.45, 2.75) is 44.3 Å². The molecule has 0 saturated carbocycles. The van der Waals surface area contributed by atoms with E-state index in [1.54, 1.807) is 18.7 Å². The zero-order valence-electron chi connectivity index (χ0n) is 10.3. The summed E-state index contributed by atoms with van der Waals surface area (Å²) in [5.41, 5.74) is 0. The van der Waals surface area contributed by atoms with Gasteiger partial charge in [0.05, 0.1) is 11.2 Å². The van der Waals surface area contributed by atoms with E-state index in [1.807, 2.05) is 0 Å². The van der Waals surface area contributed by atoms with Gasteiger partial charge in [-0.1, -0.05) is 13.3 Å². The fourth-order valence-corrected chi connectivity index (χ4v) is 3.03. The average Bonchev–Trinajstić information content (AvgIpc) is 2.35. The Balaban J connectivity index is 2.09. The first-order valence-electron chi connectivity index (χ1n) is 6.23. The van der Waals surface area contributed by atoms with Gasteiger partial charge in [0, 0.05) is 6.54 Å². The zero-order valence-corrected chi connectivity index (χ0v) is 11.1. The maximum Gasteiger partial charge on any atom is 0.306 e. The van der Waals surface area contributed by atoms with Gasteiger partial charge in [-0.15, -0.1) is 11.8 Å². The van der Waals surface area contributed by atoms with Crippen LogP contribution in [-0.2, 0) is 9.59 Å². The molecule has 1 heterocycles. The molecule has 0 aromatic heterocycles. The fraction of sp³-hybridized carbons (Fsp3) is 0.833. The summed E-state index contributed by atoms with van der Waals surface area (Å²) in [5.74, 6) is 0.113. The summed E-state index contributed by atoms with van der Waals surface area (Å²) in [6, 6.07) is 0. The third-order valence-electron chi connectivity index (χ3n) is 3.01. The zero-order chi connectivity index (χ0) is 12.7. The van der Waals surface area contributed by atoms with E-state index in [9.17, 15) is 9.59 Å². The molecule has 2 atom stereocenters. The second-order valence-corrected chi connectivity index (χ2v) is 5.84. The second-order valence-electron chi connectivity index (χ2n) is 4.53. The smallest absolute Gasteiger partial charge is 0.306 e. The molecule has 2 N–H and O–H groups in total. The molecule has 4 nitrogen and oxygen atoms in total. The highest BCUT2D eigenvalue weighted by atomic mass is 32.2. The van der Waals surface area contributed by atoms with Gasteiger partial charge in [0.1, 0.15) is 0 Å². The Kier molecular flexibility index (Phi) is 6.40. The normalized spacial score (nSPS) is 21.8. The first-order chi connectivity index (χ1) is 8.11. The number of hydrogen-bond acceptors (Lipinski definition) is 3. The monoisotopic (exact) mass is 259 g/mol. The van der Waals surface area contributed by atoms with Crippen molar-refractivity contribution in [1.82, 2.24) is 5.32 Å². The maximum atomic E-state index is 11.7. The molecule has 1 amide bonds. The van der Waals surface area contributed by atoms with E-state index in [2.05, 4.69) is 5.32 Å². The Labute approximate surface area is 107 Å². The SMILES string of the molecule is CC(CCCNC(=O)C1CCCCS1)C(=O)O. The molecule has 0 aliphatic carbocycles. The van der Waals surface area contributed by atoms with Gasteiger partial charge in [-0.05, 0) is 31.4 Å². The molecule has 98 valence electrons. The number of amides is 1. The Hall–Kier alpha value is -0.710. The highest BCUT2D eigenvalue weighted by Gasteiger charge is 2.21. The van der Waals surface area contributed by atoms with Crippen molar-refractivity contribution in [2.24, 2.45) is 5.92 Å². The van der Waals surface area contributed by atoms with Crippen molar-refractivity contribution in [2.75, 3.05) is 12.3 Å². The summed E-state index contributed by atoms with van der Waals surface area (Å²) in [5, 5.41) is 11.7. The molecule has 1 aliphatic rings. The number of nitrogens with one attached hydrogen (secondary N) is 1. The standard InChI is InChI=1S/C12H21NO3S/c1-9(12(15)16)5-4-7-13-11(14)10-6-2-3-8-17-10/h9-10H,2-8H2,1H3,(H,13,14)(H,15,16). The summed E-state index contributed by atoms with van der Waals surface area (Å²) in [4.78, 5) is 22.3. The maximum absolute atomic E-state index is 11.7. The first-order valence-corrected chi connectivity index (χ1v) is 7.28. The van der Waals surface area contributed by atoms with Crippen molar-refractivity contribution in [3.8, 4) is 0 Å². The molecule has 0 spiro atoms. The predicted molar refractivity (Wildman–Crippen MR) is 69.1 cm³/mol. The van der Waals surface area contributed by atoms with E-state index >= 15 is 0 Å². The Morgan fingerprint density at radius 1 is 1.47 bits per heavy atom. The molecule has 0 aromatic rings. The first kappa shape index (κ1) is 14.4. The quantitative estimate of drug-likeness (QED) is 0.715. The number of hydrogen-bond donors (Lipinski definition) is 2. The van der Waals surface area contributed by atoms with Crippen LogP contribution in [0.25, 0.3) is 0 Å². The van der Waals surface area contributed by atoms with Crippen molar-refractivity contribution in [1.29, 1.82) is 0 Å². The van der Waals surface area contributed by atoms with Crippen molar-refractivity contribution < 1.29 is 14.7 Å². The topological polar surface area (TPSA) is 66.4 Å². The van der Waals surface area contributed by atoms with Crippen LogP contribution in [0.1, 0.15) is 39.0 Å². The lowest BCUT2D eigenvalue weighted by atomic mass is 10.1. The number of carbonyl (C=O) groups excluding carboxylic acids is 1.